The van der Waals surface area contributed by atoms with E-state index in [4.69, 9.17) is 16.3 Å². The van der Waals surface area contributed by atoms with Gasteiger partial charge in [-0.25, -0.2) is 4.79 Å². The second kappa shape index (κ2) is 4.74. The smallest absolute Gasteiger partial charge is 0.339 e. The van der Waals surface area contributed by atoms with E-state index in [0.29, 0.717) is 16.5 Å². The van der Waals surface area contributed by atoms with Gasteiger partial charge in [-0.05, 0) is 49.1 Å². The highest BCUT2D eigenvalue weighted by Gasteiger charge is 2.62. The topological polar surface area (TPSA) is 26.3 Å². The fourth-order valence-corrected chi connectivity index (χ4v) is 4.51. The summed E-state index contributed by atoms with van der Waals surface area (Å²) in [6.07, 6.45) is 3.39. The van der Waals surface area contributed by atoms with Crippen LogP contribution in [-0.2, 0) is 4.74 Å². The van der Waals surface area contributed by atoms with Gasteiger partial charge in [-0.15, -0.1) is 0 Å². The lowest BCUT2D eigenvalue weighted by atomic mass is 9.70. The zero-order valence-corrected chi connectivity index (χ0v) is 14.0. The van der Waals surface area contributed by atoms with E-state index < -0.39 is 0 Å². The SMILES string of the molecule is Cc1cccc(C(=O)OC2CC3CCC2(C)C3(C)C)c1Cl. The first-order valence-electron chi connectivity index (χ1n) is 7.73. The summed E-state index contributed by atoms with van der Waals surface area (Å²) >= 11 is 6.24. The zero-order chi connectivity index (χ0) is 15.4. The summed E-state index contributed by atoms with van der Waals surface area (Å²) in [5.41, 5.74) is 1.73. The van der Waals surface area contributed by atoms with Crippen LogP contribution in [0.4, 0.5) is 0 Å². The molecule has 0 saturated heterocycles. The third kappa shape index (κ3) is 2.03. The first-order valence-corrected chi connectivity index (χ1v) is 8.11. The lowest BCUT2D eigenvalue weighted by Crippen LogP contribution is -2.38. The van der Waals surface area contributed by atoms with E-state index in [2.05, 4.69) is 20.8 Å². The molecule has 3 atom stereocenters. The molecule has 1 aromatic rings. The van der Waals surface area contributed by atoms with E-state index >= 15 is 0 Å². The molecule has 2 aliphatic rings. The van der Waals surface area contributed by atoms with E-state index in [1.54, 1.807) is 6.07 Å². The maximum atomic E-state index is 12.5. The molecular weight excluding hydrogens is 284 g/mol. The summed E-state index contributed by atoms with van der Waals surface area (Å²) in [6.45, 7) is 8.81. The Morgan fingerprint density at radius 1 is 1.33 bits per heavy atom. The van der Waals surface area contributed by atoms with Gasteiger partial charge in [0.15, 0.2) is 0 Å². The van der Waals surface area contributed by atoms with Crippen molar-refractivity contribution in [2.45, 2.75) is 53.1 Å². The molecule has 0 heterocycles. The van der Waals surface area contributed by atoms with Crippen molar-refractivity contribution in [1.82, 2.24) is 0 Å². The van der Waals surface area contributed by atoms with E-state index in [-0.39, 0.29) is 22.9 Å². The van der Waals surface area contributed by atoms with Crippen molar-refractivity contribution in [3.8, 4) is 0 Å². The van der Waals surface area contributed by atoms with E-state index in [0.717, 1.165) is 18.4 Å². The molecule has 2 aliphatic carbocycles. The van der Waals surface area contributed by atoms with Crippen molar-refractivity contribution < 1.29 is 9.53 Å². The molecule has 1 aromatic carbocycles. The van der Waals surface area contributed by atoms with Crippen LogP contribution in [0.1, 0.15) is 56.0 Å². The van der Waals surface area contributed by atoms with E-state index in [1.165, 1.54) is 6.42 Å². The van der Waals surface area contributed by atoms with Crippen molar-refractivity contribution >= 4 is 17.6 Å². The summed E-state index contributed by atoms with van der Waals surface area (Å²) in [5.74, 6) is 0.381. The van der Waals surface area contributed by atoms with Gasteiger partial charge < -0.3 is 4.74 Å². The molecular formula is C18H23ClO2. The summed E-state index contributed by atoms with van der Waals surface area (Å²) in [7, 11) is 0. The third-order valence-electron chi connectivity index (χ3n) is 6.37. The van der Waals surface area contributed by atoms with Crippen molar-refractivity contribution in [2.75, 3.05) is 0 Å². The number of hydrogen-bond acceptors (Lipinski definition) is 2. The minimum Gasteiger partial charge on any atom is -0.458 e. The van der Waals surface area contributed by atoms with Crippen LogP contribution >= 0.6 is 11.6 Å². The number of rotatable bonds is 2. The number of hydrogen-bond donors (Lipinski definition) is 0. The number of halogens is 1. The maximum Gasteiger partial charge on any atom is 0.339 e. The van der Waals surface area contributed by atoms with Crippen molar-refractivity contribution in [1.29, 1.82) is 0 Å². The number of aryl methyl sites for hydroxylation is 1. The van der Waals surface area contributed by atoms with Gasteiger partial charge in [-0.1, -0.05) is 44.5 Å². The summed E-state index contributed by atoms with van der Waals surface area (Å²) in [4.78, 5) is 12.5. The van der Waals surface area contributed by atoms with Crippen LogP contribution < -0.4 is 0 Å². The number of ether oxygens (including phenoxy) is 1. The molecule has 2 saturated carbocycles. The maximum absolute atomic E-state index is 12.5. The lowest BCUT2D eigenvalue weighted by molar-refractivity contribution is -0.0242. The van der Waals surface area contributed by atoms with Gasteiger partial charge in [-0.2, -0.15) is 0 Å². The van der Waals surface area contributed by atoms with Crippen LogP contribution in [0.5, 0.6) is 0 Å². The molecule has 0 N–H and O–H groups in total. The Kier molecular flexibility index (Phi) is 3.36. The quantitative estimate of drug-likeness (QED) is 0.717. The van der Waals surface area contributed by atoms with Gasteiger partial charge in [-0.3, -0.25) is 0 Å². The van der Waals surface area contributed by atoms with Crippen molar-refractivity contribution in [3.05, 3.63) is 34.3 Å². The number of carbonyl (C=O) groups excluding carboxylic acids is 1. The molecule has 0 aromatic heterocycles. The Morgan fingerprint density at radius 3 is 2.62 bits per heavy atom. The highest BCUT2D eigenvalue weighted by Crippen LogP contribution is 2.66. The molecule has 0 amide bonds. The Bertz CT molecular complexity index is 593. The summed E-state index contributed by atoms with van der Waals surface area (Å²) in [6, 6.07) is 5.50. The van der Waals surface area contributed by atoms with Crippen LogP contribution in [0.3, 0.4) is 0 Å². The first-order chi connectivity index (χ1) is 9.77. The van der Waals surface area contributed by atoms with Crippen LogP contribution in [0.25, 0.3) is 0 Å². The van der Waals surface area contributed by atoms with E-state index in [1.807, 2.05) is 19.1 Å². The standard InChI is InChI=1S/C18H23ClO2/c1-11-6-5-7-13(15(11)19)16(20)21-14-10-12-8-9-18(14,4)17(12,2)3/h5-7,12,14H,8-10H2,1-4H3. The van der Waals surface area contributed by atoms with Gasteiger partial charge in [0.25, 0.3) is 0 Å². The molecule has 0 spiro atoms. The Morgan fingerprint density at radius 2 is 2.05 bits per heavy atom. The average Bonchev–Trinajstić information content (AvgIpc) is 2.75. The Balaban J connectivity index is 1.82. The molecule has 2 nitrogen and oxygen atoms in total. The van der Waals surface area contributed by atoms with Gasteiger partial charge >= 0.3 is 5.97 Å². The highest BCUT2D eigenvalue weighted by atomic mass is 35.5. The minimum absolute atomic E-state index is 0.00956. The Labute approximate surface area is 131 Å². The van der Waals surface area contributed by atoms with Crippen LogP contribution in [0, 0.1) is 23.7 Å². The Hall–Kier alpha value is -1.02. The number of benzene rings is 1. The molecule has 3 rings (SSSR count). The second-order valence-electron chi connectivity index (χ2n) is 7.44. The molecule has 21 heavy (non-hydrogen) atoms. The number of esters is 1. The van der Waals surface area contributed by atoms with Crippen molar-refractivity contribution in [3.63, 3.8) is 0 Å². The molecule has 3 unspecified atom stereocenters. The van der Waals surface area contributed by atoms with Crippen LogP contribution in [-0.4, -0.2) is 12.1 Å². The van der Waals surface area contributed by atoms with Gasteiger partial charge in [0.05, 0.1) is 10.6 Å². The summed E-state index contributed by atoms with van der Waals surface area (Å²) < 4.78 is 5.88. The third-order valence-corrected chi connectivity index (χ3v) is 6.88. The lowest BCUT2D eigenvalue weighted by Gasteiger charge is -2.38. The molecule has 114 valence electrons. The highest BCUT2D eigenvalue weighted by molar-refractivity contribution is 6.34. The average molecular weight is 307 g/mol. The monoisotopic (exact) mass is 306 g/mol. The summed E-state index contributed by atoms with van der Waals surface area (Å²) in [5, 5.41) is 0.509. The normalized spacial score (nSPS) is 33.2. The molecule has 2 fully saturated rings. The molecule has 3 heteroatoms. The molecule has 0 aliphatic heterocycles. The number of fused-ring (bicyclic) bond motifs is 2. The largest absolute Gasteiger partial charge is 0.458 e. The molecule has 2 bridgehead atoms. The van der Waals surface area contributed by atoms with Gasteiger partial charge in [0, 0.05) is 5.41 Å². The zero-order valence-electron chi connectivity index (χ0n) is 13.2. The fourth-order valence-electron chi connectivity index (χ4n) is 4.31. The van der Waals surface area contributed by atoms with E-state index in [9.17, 15) is 4.79 Å². The minimum atomic E-state index is -0.279. The van der Waals surface area contributed by atoms with Crippen LogP contribution in [0.15, 0.2) is 18.2 Å². The predicted octanol–water partition coefficient (Wildman–Crippen LogP) is 5.02. The fraction of sp³-hybridized carbons (Fsp3) is 0.611. The first kappa shape index (κ1) is 14.9. The van der Waals surface area contributed by atoms with Crippen LogP contribution in [0.2, 0.25) is 5.02 Å². The van der Waals surface area contributed by atoms with Gasteiger partial charge in [0.2, 0.25) is 0 Å². The predicted molar refractivity (Wildman–Crippen MR) is 84.6 cm³/mol. The molecule has 0 radical (unpaired) electrons. The van der Waals surface area contributed by atoms with Gasteiger partial charge in [0.1, 0.15) is 6.10 Å². The number of carbonyl (C=O) groups is 1. The second-order valence-corrected chi connectivity index (χ2v) is 7.82. The van der Waals surface area contributed by atoms with Crippen molar-refractivity contribution in [2.24, 2.45) is 16.7 Å².